The molecule has 0 amide bonds. The van der Waals surface area contributed by atoms with Crippen molar-refractivity contribution >= 4 is 17.7 Å². The van der Waals surface area contributed by atoms with E-state index in [0.717, 1.165) is 22.5 Å². The van der Waals surface area contributed by atoms with Gasteiger partial charge in [0.25, 0.3) is 5.78 Å². The van der Waals surface area contributed by atoms with Gasteiger partial charge in [0, 0.05) is 29.4 Å². The fourth-order valence-corrected chi connectivity index (χ4v) is 3.16. The molecule has 0 aliphatic heterocycles. The molecule has 0 unspecified atom stereocenters. The number of hydrogen-bond acceptors (Lipinski definition) is 8. The number of rotatable bonds is 6. The number of nitrogen functional groups attached to an aromatic ring is 1. The van der Waals surface area contributed by atoms with Gasteiger partial charge in [-0.3, -0.25) is 4.79 Å². The van der Waals surface area contributed by atoms with Crippen LogP contribution >= 0.6 is 0 Å². The molecule has 3 aromatic heterocycles. The Hall–Kier alpha value is -3.75. The van der Waals surface area contributed by atoms with Gasteiger partial charge in [0.2, 0.25) is 5.95 Å². The van der Waals surface area contributed by atoms with Crippen LogP contribution in [0.25, 0.3) is 17.1 Å². The Morgan fingerprint density at radius 2 is 2.00 bits per heavy atom. The zero-order valence-electron chi connectivity index (χ0n) is 16.1. The number of aromatic nitrogens is 5. The number of nitrogens with two attached hydrogens (primary N) is 1. The second kappa shape index (κ2) is 7.70. The summed E-state index contributed by atoms with van der Waals surface area (Å²) in [7, 11) is 0. The molecule has 0 saturated carbocycles. The van der Waals surface area contributed by atoms with Crippen molar-refractivity contribution in [1.29, 1.82) is 0 Å². The Kier molecular flexibility index (Phi) is 4.94. The normalized spacial score (nSPS) is 11.1. The first-order valence-corrected chi connectivity index (χ1v) is 9.16. The topological polar surface area (TPSA) is 121 Å². The molecule has 0 atom stereocenters. The number of nitrogens with zero attached hydrogens (tertiary/aromatic N) is 5. The van der Waals surface area contributed by atoms with Crippen LogP contribution in [0, 0.1) is 13.8 Å². The van der Waals surface area contributed by atoms with E-state index in [-0.39, 0.29) is 24.9 Å². The maximum absolute atomic E-state index is 12.2. The van der Waals surface area contributed by atoms with Gasteiger partial charge in [-0.15, -0.1) is 5.10 Å². The van der Waals surface area contributed by atoms with Crippen molar-refractivity contribution in [2.75, 3.05) is 5.73 Å². The Bertz CT molecular complexity index is 1170. The molecule has 1 aromatic carbocycles. The highest BCUT2D eigenvalue weighted by Crippen LogP contribution is 2.20. The lowest BCUT2D eigenvalue weighted by Crippen LogP contribution is -2.10. The number of carbonyl (C=O) groups excluding carboxylic acids is 1. The van der Waals surface area contributed by atoms with E-state index in [2.05, 4.69) is 20.2 Å². The summed E-state index contributed by atoms with van der Waals surface area (Å²) in [6.07, 6.45) is 0.690. The minimum atomic E-state index is -0.328. The van der Waals surface area contributed by atoms with Crippen LogP contribution in [0.15, 0.2) is 40.9 Å². The van der Waals surface area contributed by atoms with E-state index in [1.807, 2.05) is 44.2 Å². The number of ether oxygens (including phenoxy) is 1. The van der Waals surface area contributed by atoms with Crippen LogP contribution in [0.2, 0.25) is 0 Å². The molecule has 3 heterocycles. The Balaban J connectivity index is 1.36. The van der Waals surface area contributed by atoms with Crippen molar-refractivity contribution in [3.63, 3.8) is 0 Å². The number of benzene rings is 1. The van der Waals surface area contributed by atoms with Gasteiger partial charge in [-0.05, 0) is 25.8 Å². The second-order valence-corrected chi connectivity index (χ2v) is 6.65. The zero-order chi connectivity index (χ0) is 20.4. The number of esters is 1. The Labute approximate surface area is 166 Å². The average Bonchev–Trinajstić information content (AvgIpc) is 3.33. The highest BCUT2D eigenvalue weighted by Gasteiger charge is 2.15. The molecule has 4 aromatic rings. The molecule has 0 radical (unpaired) electrons. The standard InChI is InChI=1S/C20H20N6O3/c1-12-16(13(2)26-20(22-12)23-19(21)24-26)8-9-18(27)28-11-15-10-17(29-25-15)14-6-4-3-5-7-14/h3-7,10H,8-9,11H2,1-2H3,(H2,21,24). The third-order valence-electron chi connectivity index (χ3n) is 4.64. The van der Waals surface area contributed by atoms with E-state index in [4.69, 9.17) is 15.0 Å². The summed E-state index contributed by atoms with van der Waals surface area (Å²) in [6.45, 7) is 3.83. The lowest BCUT2D eigenvalue weighted by molar-refractivity contribution is -0.145. The minimum absolute atomic E-state index is 0.0595. The van der Waals surface area contributed by atoms with Crippen LogP contribution in [0.4, 0.5) is 5.95 Å². The molecule has 0 bridgehead atoms. The summed E-state index contributed by atoms with van der Waals surface area (Å²) in [5, 5.41) is 8.09. The van der Waals surface area contributed by atoms with E-state index in [9.17, 15) is 4.79 Å². The molecule has 0 saturated heterocycles. The summed E-state index contributed by atoms with van der Waals surface area (Å²) in [6, 6.07) is 11.4. The highest BCUT2D eigenvalue weighted by molar-refractivity contribution is 5.70. The van der Waals surface area contributed by atoms with Crippen molar-refractivity contribution in [1.82, 2.24) is 24.7 Å². The summed E-state index contributed by atoms with van der Waals surface area (Å²) in [5.41, 5.74) is 9.69. The molecule has 9 nitrogen and oxygen atoms in total. The largest absolute Gasteiger partial charge is 0.459 e. The van der Waals surface area contributed by atoms with Gasteiger partial charge in [0.1, 0.15) is 12.3 Å². The first-order chi connectivity index (χ1) is 14.0. The zero-order valence-corrected chi connectivity index (χ0v) is 16.1. The Morgan fingerprint density at radius 1 is 1.21 bits per heavy atom. The van der Waals surface area contributed by atoms with Crippen LogP contribution in [0.1, 0.15) is 29.1 Å². The summed E-state index contributed by atoms with van der Waals surface area (Å²) in [5.74, 6) is 0.920. The fourth-order valence-electron chi connectivity index (χ4n) is 3.16. The summed E-state index contributed by atoms with van der Waals surface area (Å²) in [4.78, 5) is 20.7. The molecule has 148 valence electrons. The maximum Gasteiger partial charge on any atom is 0.306 e. The monoisotopic (exact) mass is 392 g/mol. The predicted molar refractivity (Wildman–Crippen MR) is 105 cm³/mol. The van der Waals surface area contributed by atoms with E-state index in [1.54, 1.807) is 10.6 Å². The molecule has 9 heteroatoms. The first kappa shape index (κ1) is 18.6. The highest BCUT2D eigenvalue weighted by atomic mass is 16.5. The molecule has 0 spiro atoms. The molecule has 29 heavy (non-hydrogen) atoms. The SMILES string of the molecule is Cc1nc2nc(N)nn2c(C)c1CCC(=O)OCc1cc(-c2ccccc2)on1. The van der Waals surface area contributed by atoms with Crippen LogP contribution in [0.5, 0.6) is 0 Å². The van der Waals surface area contributed by atoms with Gasteiger partial charge in [0.05, 0.1) is 0 Å². The van der Waals surface area contributed by atoms with E-state index >= 15 is 0 Å². The van der Waals surface area contributed by atoms with Gasteiger partial charge in [0.15, 0.2) is 5.76 Å². The number of hydrogen-bond donors (Lipinski definition) is 1. The number of aryl methyl sites for hydroxylation is 2. The quantitative estimate of drug-likeness (QED) is 0.497. The average molecular weight is 392 g/mol. The van der Waals surface area contributed by atoms with E-state index in [1.165, 1.54) is 0 Å². The van der Waals surface area contributed by atoms with Crippen LogP contribution in [-0.2, 0) is 22.6 Å². The van der Waals surface area contributed by atoms with Crippen LogP contribution < -0.4 is 5.73 Å². The minimum Gasteiger partial charge on any atom is -0.459 e. The van der Waals surface area contributed by atoms with Crippen molar-refractivity contribution in [3.05, 3.63) is 59.0 Å². The molecular formula is C20H20N6O3. The van der Waals surface area contributed by atoms with Crippen molar-refractivity contribution in [2.45, 2.75) is 33.3 Å². The van der Waals surface area contributed by atoms with Crippen molar-refractivity contribution in [3.8, 4) is 11.3 Å². The van der Waals surface area contributed by atoms with E-state index < -0.39 is 0 Å². The summed E-state index contributed by atoms with van der Waals surface area (Å²) < 4.78 is 12.2. The number of carbonyl (C=O) groups is 1. The smallest absolute Gasteiger partial charge is 0.306 e. The van der Waals surface area contributed by atoms with E-state index in [0.29, 0.717) is 23.7 Å². The maximum atomic E-state index is 12.2. The van der Waals surface area contributed by atoms with Crippen LogP contribution in [-0.4, -0.2) is 30.7 Å². The molecule has 4 rings (SSSR count). The van der Waals surface area contributed by atoms with Gasteiger partial charge in [-0.1, -0.05) is 35.5 Å². The third-order valence-corrected chi connectivity index (χ3v) is 4.64. The van der Waals surface area contributed by atoms with Gasteiger partial charge in [-0.2, -0.15) is 9.50 Å². The lowest BCUT2D eigenvalue weighted by Gasteiger charge is -2.09. The van der Waals surface area contributed by atoms with Gasteiger partial charge in [-0.25, -0.2) is 4.98 Å². The lowest BCUT2D eigenvalue weighted by atomic mass is 10.1. The molecular weight excluding hydrogens is 372 g/mol. The molecule has 0 aliphatic carbocycles. The predicted octanol–water partition coefficient (Wildman–Crippen LogP) is 2.65. The fraction of sp³-hybridized carbons (Fsp3) is 0.250. The van der Waals surface area contributed by atoms with Crippen LogP contribution in [0.3, 0.4) is 0 Å². The molecule has 2 N–H and O–H groups in total. The summed E-state index contributed by atoms with van der Waals surface area (Å²) >= 11 is 0. The molecule has 0 aliphatic rings. The van der Waals surface area contributed by atoms with Crippen molar-refractivity contribution in [2.24, 2.45) is 0 Å². The van der Waals surface area contributed by atoms with Gasteiger partial charge < -0.3 is 15.0 Å². The van der Waals surface area contributed by atoms with Gasteiger partial charge >= 0.3 is 5.97 Å². The first-order valence-electron chi connectivity index (χ1n) is 9.16. The second-order valence-electron chi connectivity index (χ2n) is 6.65. The molecule has 0 fully saturated rings. The number of anilines is 1. The number of fused-ring (bicyclic) bond motifs is 1. The Morgan fingerprint density at radius 3 is 2.79 bits per heavy atom. The van der Waals surface area contributed by atoms with Crippen molar-refractivity contribution < 1.29 is 14.1 Å². The third kappa shape index (κ3) is 3.93.